The highest BCUT2D eigenvalue weighted by atomic mass is 79.9. The minimum atomic E-state index is -0.498. The summed E-state index contributed by atoms with van der Waals surface area (Å²) < 4.78 is 0.810. The second-order valence-corrected chi connectivity index (χ2v) is 13.7. The first-order chi connectivity index (χ1) is 25.8. The Labute approximate surface area is 313 Å². The van der Waals surface area contributed by atoms with Crippen LogP contribution in [0.5, 0.6) is 0 Å². The van der Waals surface area contributed by atoms with Crippen LogP contribution < -0.4 is 0 Å². The van der Waals surface area contributed by atoms with E-state index in [-0.39, 0.29) is 23.6 Å². The van der Waals surface area contributed by atoms with E-state index in [0.29, 0.717) is 33.6 Å². The van der Waals surface area contributed by atoms with Gasteiger partial charge in [0.25, 0.3) is 23.6 Å². The van der Waals surface area contributed by atoms with Crippen LogP contribution in [0.25, 0.3) is 32.7 Å². The third kappa shape index (κ3) is 5.70. The Balaban J connectivity index is 0.000000154. The lowest BCUT2D eigenvalue weighted by Crippen LogP contribution is -2.33. The van der Waals surface area contributed by atoms with Crippen LogP contribution in [0.15, 0.2) is 144 Å². The molecule has 53 heavy (non-hydrogen) atoms. The van der Waals surface area contributed by atoms with Crippen molar-refractivity contribution in [3.05, 3.63) is 178 Å². The summed E-state index contributed by atoms with van der Waals surface area (Å²) in [5, 5.41) is 4.07. The zero-order valence-corrected chi connectivity index (χ0v) is 30.3. The summed E-state index contributed by atoms with van der Waals surface area (Å²) in [4.78, 5) is 63.2. The Morgan fingerprint density at radius 2 is 0.849 bits per heavy atom. The molecule has 0 saturated carbocycles. The highest BCUT2D eigenvalue weighted by Gasteiger charge is 2.41. The van der Waals surface area contributed by atoms with Crippen LogP contribution in [0, 0.1) is 0 Å². The van der Waals surface area contributed by atoms with Gasteiger partial charge in [-0.05, 0) is 70.4 Å². The summed E-state index contributed by atoms with van der Waals surface area (Å²) in [5.41, 5.74) is 5.14. The Morgan fingerprint density at radius 1 is 0.472 bits per heavy atom. The number of fused-ring (bicyclic) bond motifs is 4. The van der Waals surface area contributed by atoms with E-state index in [0.717, 1.165) is 37.1 Å². The lowest BCUT2D eigenvalue weighted by Gasteiger charge is -2.25. The molecule has 7 aromatic rings. The van der Waals surface area contributed by atoms with E-state index >= 15 is 0 Å². The molecule has 5 aromatic carbocycles. The molecule has 4 amide bonds. The number of hydrogen-bond acceptors (Lipinski definition) is 6. The molecule has 0 aliphatic carbocycles. The quantitative estimate of drug-likeness (QED) is 0.162. The second kappa shape index (κ2) is 13.7. The van der Waals surface area contributed by atoms with Gasteiger partial charge in [-0.2, -0.15) is 0 Å². The van der Waals surface area contributed by atoms with E-state index in [4.69, 9.17) is 4.98 Å². The lowest BCUT2D eigenvalue weighted by atomic mass is 9.94. The number of pyridine rings is 2. The summed E-state index contributed by atoms with van der Waals surface area (Å²) in [5.74, 6) is -1.09. The summed E-state index contributed by atoms with van der Waals surface area (Å²) in [7, 11) is 0. The third-order valence-corrected chi connectivity index (χ3v) is 10.7. The van der Waals surface area contributed by atoms with E-state index in [1.165, 1.54) is 9.80 Å². The van der Waals surface area contributed by atoms with E-state index in [1.54, 1.807) is 54.7 Å². The molecule has 4 heterocycles. The van der Waals surface area contributed by atoms with Crippen molar-refractivity contribution < 1.29 is 19.2 Å². The molecule has 2 aliphatic rings. The molecule has 2 aromatic heterocycles. The predicted octanol–water partition coefficient (Wildman–Crippen LogP) is 9.61. The van der Waals surface area contributed by atoms with Gasteiger partial charge < -0.3 is 0 Å². The van der Waals surface area contributed by atoms with Gasteiger partial charge >= 0.3 is 0 Å². The Morgan fingerprint density at radius 3 is 1.36 bits per heavy atom. The Kier molecular flexibility index (Phi) is 8.72. The topological polar surface area (TPSA) is 101 Å². The number of carbonyl (C=O) groups excluding carboxylic acids is 4. The number of benzene rings is 5. The summed E-state index contributed by atoms with van der Waals surface area (Å²) in [6.07, 6.45) is 3.58. The smallest absolute Gasteiger partial charge is 0.262 e. The highest BCUT2D eigenvalue weighted by molar-refractivity contribution is 9.10. The average Bonchev–Trinajstić information content (AvgIpc) is 3.61. The van der Waals surface area contributed by atoms with Crippen molar-refractivity contribution in [2.75, 3.05) is 0 Å². The van der Waals surface area contributed by atoms with Crippen LogP contribution in [-0.2, 0) is 0 Å². The van der Waals surface area contributed by atoms with Crippen LogP contribution in [-0.4, -0.2) is 43.4 Å². The predicted molar refractivity (Wildman–Crippen MR) is 207 cm³/mol. The number of amides is 4. The maximum absolute atomic E-state index is 13.0. The largest absolute Gasteiger partial charge is 0.269 e. The van der Waals surface area contributed by atoms with Gasteiger partial charge in [-0.1, -0.05) is 103 Å². The van der Waals surface area contributed by atoms with Crippen LogP contribution in [0.4, 0.5) is 0 Å². The second-order valence-electron chi connectivity index (χ2n) is 12.9. The van der Waals surface area contributed by atoms with E-state index < -0.39 is 12.1 Å². The van der Waals surface area contributed by atoms with E-state index in [2.05, 4.69) is 27.0 Å². The van der Waals surface area contributed by atoms with Crippen LogP contribution >= 0.6 is 15.9 Å². The van der Waals surface area contributed by atoms with Crippen molar-refractivity contribution in [3.63, 3.8) is 0 Å². The lowest BCUT2D eigenvalue weighted by molar-refractivity contribution is 0.0576. The zero-order chi connectivity index (χ0) is 36.8. The molecule has 258 valence electrons. The zero-order valence-electron chi connectivity index (χ0n) is 28.7. The monoisotopic (exact) mass is 758 g/mol. The number of halogens is 1. The van der Waals surface area contributed by atoms with Gasteiger partial charge in [-0.15, -0.1) is 0 Å². The standard InChI is InChI=1S/C25H18N2O2.C19H13BrN2O2/c1-16(27-24(28)20-13-7-8-14-21(20)25(27)29)23-22(17-9-3-2-4-10-17)19-12-6-5-11-18(19)15-26-23;1-11(17-16(20)13-7-3-2-6-12(13)10-21-17)22-18(23)14-8-4-5-9-15(14)19(22)24/h2-16H,1H3;2-11H,1H3. The number of aromatic nitrogens is 2. The number of nitrogens with zero attached hydrogens (tertiary/aromatic N) is 4. The molecule has 0 N–H and O–H groups in total. The van der Waals surface area contributed by atoms with Gasteiger partial charge in [0, 0.05) is 33.2 Å². The molecular formula is C44H31BrN4O4. The van der Waals surface area contributed by atoms with Crippen molar-refractivity contribution in [2.24, 2.45) is 0 Å². The first kappa shape index (κ1) is 33.8. The molecule has 0 radical (unpaired) electrons. The van der Waals surface area contributed by atoms with Crippen molar-refractivity contribution in [2.45, 2.75) is 25.9 Å². The first-order valence-corrected chi connectivity index (χ1v) is 18.0. The van der Waals surface area contributed by atoms with Crippen LogP contribution in [0.3, 0.4) is 0 Å². The van der Waals surface area contributed by atoms with E-state index in [1.807, 2.05) is 92.8 Å². The van der Waals surface area contributed by atoms with Gasteiger partial charge in [-0.3, -0.25) is 38.9 Å². The van der Waals surface area contributed by atoms with Crippen LogP contribution in [0.1, 0.15) is 78.8 Å². The normalized spacial score (nSPS) is 14.6. The minimum Gasteiger partial charge on any atom is -0.269 e. The molecule has 0 fully saturated rings. The van der Waals surface area contributed by atoms with Gasteiger partial charge in [0.15, 0.2) is 0 Å². The molecule has 2 unspecified atom stereocenters. The highest BCUT2D eigenvalue weighted by Crippen LogP contribution is 2.39. The maximum atomic E-state index is 13.0. The van der Waals surface area contributed by atoms with Gasteiger partial charge in [0.2, 0.25) is 0 Å². The fraction of sp³-hybridized carbons (Fsp3) is 0.0909. The molecule has 2 atom stereocenters. The van der Waals surface area contributed by atoms with Gasteiger partial charge in [0.05, 0.1) is 45.7 Å². The Bertz CT molecular complexity index is 2560. The number of carbonyl (C=O) groups is 4. The van der Waals surface area contributed by atoms with E-state index in [9.17, 15) is 19.2 Å². The number of hydrogen-bond donors (Lipinski definition) is 0. The minimum absolute atomic E-state index is 0.271. The Hall–Kier alpha value is -6.32. The molecular weight excluding hydrogens is 728 g/mol. The first-order valence-electron chi connectivity index (χ1n) is 17.2. The van der Waals surface area contributed by atoms with Crippen molar-refractivity contribution in [1.29, 1.82) is 0 Å². The molecule has 9 rings (SSSR count). The fourth-order valence-electron chi connectivity index (χ4n) is 7.20. The molecule has 0 bridgehead atoms. The molecule has 0 saturated heterocycles. The summed E-state index contributed by atoms with van der Waals surface area (Å²) in [6.45, 7) is 3.69. The van der Waals surface area contributed by atoms with Gasteiger partial charge in [-0.25, -0.2) is 0 Å². The average molecular weight is 760 g/mol. The SMILES string of the molecule is CC(c1ncc2ccccc2c1-c1ccccc1)N1C(=O)c2ccccc2C1=O.CC(c1ncc2ccccc2c1Br)N1C(=O)c2ccccc2C1=O. The van der Waals surface area contributed by atoms with Crippen LogP contribution in [0.2, 0.25) is 0 Å². The van der Waals surface area contributed by atoms with Gasteiger partial charge in [0.1, 0.15) is 0 Å². The molecule has 9 heteroatoms. The fourth-order valence-corrected chi connectivity index (χ4v) is 8.00. The van der Waals surface area contributed by atoms with Crippen molar-refractivity contribution in [3.8, 4) is 11.1 Å². The van der Waals surface area contributed by atoms with Crippen molar-refractivity contribution >= 4 is 61.1 Å². The summed E-state index contributed by atoms with van der Waals surface area (Å²) in [6, 6.07) is 38.8. The van der Waals surface area contributed by atoms with Crippen molar-refractivity contribution in [1.82, 2.24) is 19.8 Å². The number of imide groups is 2. The third-order valence-electron chi connectivity index (χ3n) is 9.87. The maximum Gasteiger partial charge on any atom is 0.262 e. The molecule has 0 spiro atoms. The summed E-state index contributed by atoms with van der Waals surface area (Å²) >= 11 is 3.59. The molecule has 2 aliphatic heterocycles. The molecule has 8 nitrogen and oxygen atoms in total. The number of rotatable bonds is 5.